The number of hydrogen-bond acceptors (Lipinski definition) is 4. The van der Waals surface area contributed by atoms with E-state index in [2.05, 4.69) is 5.32 Å². The summed E-state index contributed by atoms with van der Waals surface area (Å²) in [6, 6.07) is 14.3. The van der Waals surface area contributed by atoms with Gasteiger partial charge in [-0.25, -0.2) is 0 Å². The highest BCUT2D eigenvalue weighted by molar-refractivity contribution is 5.92. The summed E-state index contributed by atoms with van der Waals surface area (Å²) < 4.78 is 10.6. The molecule has 0 heterocycles. The van der Waals surface area contributed by atoms with E-state index in [9.17, 15) is 4.79 Å². The molecule has 0 spiro atoms. The maximum atomic E-state index is 11.9. The second-order valence-corrected chi connectivity index (χ2v) is 4.63. The fourth-order valence-electron chi connectivity index (χ4n) is 1.90. The van der Waals surface area contributed by atoms with E-state index in [1.54, 1.807) is 18.2 Å². The predicted molar refractivity (Wildman–Crippen MR) is 83.0 cm³/mol. The molecule has 2 rings (SSSR count). The fraction of sp³-hybridized carbons (Fsp3) is 0.176. The molecule has 2 aromatic carbocycles. The van der Waals surface area contributed by atoms with E-state index < -0.39 is 0 Å². The minimum Gasteiger partial charge on any atom is -0.493 e. The van der Waals surface area contributed by atoms with Crippen LogP contribution >= 0.6 is 0 Å². The van der Waals surface area contributed by atoms with Gasteiger partial charge < -0.3 is 14.8 Å². The smallest absolute Gasteiger partial charge is 0.262 e. The number of amides is 1. The molecule has 22 heavy (non-hydrogen) atoms. The molecule has 0 bridgehead atoms. The van der Waals surface area contributed by atoms with Crippen LogP contribution in [0.1, 0.15) is 11.1 Å². The Morgan fingerprint density at radius 1 is 1.23 bits per heavy atom. The van der Waals surface area contributed by atoms with Crippen LogP contribution in [-0.2, 0) is 4.79 Å². The Labute approximate surface area is 129 Å². The Hall–Kier alpha value is -3.00. The number of ether oxygens (including phenoxy) is 2. The standard InChI is InChI=1S/C17H16N2O3/c1-12-5-3-4-6-14(12)19-17(20)11-22-15-8-7-13(10-18)9-16(15)21-2/h3-9H,11H2,1-2H3,(H,19,20). The van der Waals surface area contributed by atoms with Gasteiger partial charge in [-0.15, -0.1) is 0 Å². The number of anilines is 1. The number of nitrogens with one attached hydrogen (secondary N) is 1. The minimum absolute atomic E-state index is 0.142. The predicted octanol–water partition coefficient (Wildman–Crippen LogP) is 2.89. The van der Waals surface area contributed by atoms with E-state index in [4.69, 9.17) is 14.7 Å². The average Bonchev–Trinajstić information content (AvgIpc) is 2.55. The van der Waals surface area contributed by atoms with Crippen molar-refractivity contribution in [2.24, 2.45) is 0 Å². The second kappa shape index (κ2) is 7.14. The van der Waals surface area contributed by atoms with Gasteiger partial charge in [0.05, 0.1) is 18.7 Å². The Kier molecular flexibility index (Phi) is 4.99. The lowest BCUT2D eigenvalue weighted by Crippen LogP contribution is -2.20. The molecule has 0 atom stereocenters. The van der Waals surface area contributed by atoms with Crippen molar-refractivity contribution in [3.8, 4) is 17.6 Å². The Morgan fingerprint density at radius 2 is 2.00 bits per heavy atom. The van der Waals surface area contributed by atoms with Crippen LogP contribution in [0.15, 0.2) is 42.5 Å². The Bertz CT molecular complexity index is 720. The number of nitrogens with zero attached hydrogens (tertiary/aromatic N) is 1. The molecule has 0 unspecified atom stereocenters. The van der Waals surface area contributed by atoms with Crippen molar-refractivity contribution in [2.75, 3.05) is 19.0 Å². The van der Waals surface area contributed by atoms with Crippen LogP contribution in [0.4, 0.5) is 5.69 Å². The molecule has 5 heteroatoms. The van der Waals surface area contributed by atoms with Gasteiger partial charge in [0, 0.05) is 11.8 Å². The number of rotatable bonds is 5. The molecule has 0 fully saturated rings. The highest BCUT2D eigenvalue weighted by Gasteiger charge is 2.09. The lowest BCUT2D eigenvalue weighted by Gasteiger charge is -2.12. The topological polar surface area (TPSA) is 71.3 Å². The van der Waals surface area contributed by atoms with Crippen molar-refractivity contribution in [3.63, 3.8) is 0 Å². The van der Waals surface area contributed by atoms with Gasteiger partial charge in [-0.3, -0.25) is 4.79 Å². The van der Waals surface area contributed by atoms with E-state index in [0.717, 1.165) is 11.3 Å². The lowest BCUT2D eigenvalue weighted by atomic mass is 10.2. The van der Waals surface area contributed by atoms with Crippen molar-refractivity contribution in [2.45, 2.75) is 6.92 Å². The van der Waals surface area contributed by atoms with E-state index in [-0.39, 0.29) is 12.5 Å². The molecule has 0 aliphatic heterocycles. The molecule has 5 nitrogen and oxygen atoms in total. The van der Waals surface area contributed by atoms with Crippen LogP contribution < -0.4 is 14.8 Å². The SMILES string of the molecule is COc1cc(C#N)ccc1OCC(=O)Nc1ccccc1C. The van der Waals surface area contributed by atoms with Gasteiger partial charge in [0.1, 0.15) is 0 Å². The zero-order valence-electron chi connectivity index (χ0n) is 12.4. The van der Waals surface area contributed by atoms with Crippen molar-refractivity contribution >= 4 is 11.6 Å². The summed E-state index contributed by atoms with van der Waals surface area (Å²) in [5, 5.41) is 11.6. The van der Waals surface area contributed by atoms with Crippen LogP contribution in [0.25, 0.3) is 0 Å². The summed E-state index contributed by atoms with van der Waals surface area (Å²) in [4.78, 5) is 11.9. The zero-order valence-corrected chi connectivity index (χ0v) is 12.4. The van der Waals surface area contributed by atoms with Crippen LogP contribution in [0.5, 0.6) is 11.5 Å². The average molecular weight is 296 g/mol. The summed E-state index contributed by atoms with van der Waals surface area (Å²) in [6.07, 6.45) is 0. The number of aryl methyl sites for hydroxylation is 1. The summed E-state index contributed by atoms with van der Waals surface area (Å²) in [7, 11) is 1.48. The number of para-hydroxylation sites is 1. The molecule has 0 aliphatic rings. The van der Waals surface area contributed by atoms with Gasteiger partial charge in [0.2, 0.25) is 0 Å². The van der Waals surface area contributed by atoms with Crippen LogP contribution in [-0.4, -0.2) is 19.6 Å². The molecule has 0 saturated carbocycles. The monoisotopic (exact) mass is 296 g/mol. The quantitative estimate of drug-likeness (QED) is 0.921. The first-order valence-electron chi connectivity index (χ1n) is 6.70. The molecule has 0 aromatic heterocycles. The molecule has 0 aliphatic carbocycles. The van der Waals surface area contributed by atoms with Crippen LogP contribution in [0.3, 0.4) is 0 Å². The van der Waals surface area contributed by atoms with Gasteiger partial charge >= 0.3 is 0 Å². The summed E-state index contributed by atoms with van der Waals surface area (Å²) in [5.74, 6) is 0.574. The van der Waals surface area contributed by atoms with Gasteiger partial charge in [-0.1, -0.05) is 18.2 Å². The molecule has 1 amide bonds. The van der Waals surface area contributed by atoms with Crippen molar-refractivity contribution in [1.29, 1.82) is 5.26 Å². The van der Waals surface area contributed by atoms with Crippen LogP contribution in [0, 0.1) is 18.3 Å². The molecule has 1 N–H and O–H groups in total. The van der Waals surface area contributed by atoms with E-state index >= 15 is 0 Å². The molecular weight excluding hydrogens is 280 g/mol. The number of carbonyl (C=O) groups is 1. The first-order valence-corrected chi connectivity index (χ1v) is 6.70. The largest absolute Gasteiger partial charge is 0.493 e. The Morgan fingerprint density at radius 3 is 2.68 bits per heavy atom. The maximum Gasteiger partial charge on any atom is 0.262 e. The van der Waals surface area contributed by atoms with E-state index in [0.29, 0.717) is 17.1 Å². The van der Waals surface area contributed by atoms with Gasteiger partial charge in [-0.2, -0.15) is 5.26 Å². The number of carbonyl (C=O) groups excluding carboxylic acids is 1. The summed E-state index contributed by atoms with van der Waals surface area (Å²) >= 11 is 0. The summed E-state index contributed by atoms with van der Waals surface area (Å²) in [5.41, 5.74) is 2.20. The number of methoxy groups -OCH3 is 1. The molecule has 0 radical (unpaired) electrons. The lowest BCUT2D eigenvalue weighted by molar-refractivity contribution is -0.118. The van der Waals surface area contributed by atoms with Gasteiger partial charge in [-0.05, 0) is 30.7 Å². The van der Waals surface area contributed by atoms with Crippen molar-refractivity contribution < 1.29 is 14.3 Å². The van der Waals surface area contributed by atoms with Gasteiger partial charge in [0.15, 0.2) is 18.1 Å². The van der Waals surface area contributed by atoms with E-state index in [1.165, 1.54) is 7.11 Å². The molecule has 2 aromatic rings. The molecule has 112 valence electrons. The third kappa shape index (κ3) is 3.76. The highest BCUT2D eigenvalue weighted by Crippen LogP contribution is 2.27. The molecule has 0 saturated heterocycles. The number of nitriles is 1. The van der Waals surface area contributed by atoms with Gasteiger partial charge in [0.25, 0.3) is 5.91 Å². The van der Waals surface area contributed by atoms with Crippen molar-refractivity contribution in [1.82, 2.24) is 0 Å². The first-order chi connectivity index (χ1) is 10.6. The summed E-state index contributed by atoms with van der Waals surface area (Å²) in [6.45, 7) is 1.77. The zero-order chi connectivity index (χ0) is 15.9. The third-order valence-electron chi connectivity index (χ3n) is 3.07. The Balaban J connectivity index is 2.00. The van der Waals surface area contributed by atoms with Crippen LogP contribution in [0.2, 0.25) is 0 Å². The first kappa shape index (κ1) is 15.4. The minimum atomic E-state index is -0.263. The normalized spacial score (nSPS) is 9.68. The van der Waals surface area contributed by atoms with E-state index in [1.807, 2.05) is 37.3 Å². The maximum absolute atomic E-state index is 11.9. The number of hydrogen-bond donors (Lipinski definition) is 1. The second-order valence-electron chi connectivity index (χ2n) is 4.63. The highest BCUT2D eigenvalue weighted by atomic mass is 16.5. The van der Waals surface area contributed by atoms with Crippen molar-refractivity contribution in [3.05, 3.63) is 53.6 Å². The third-order valence-corrected chi connectivity index (χ3v) is 3.07. The number of benzene rings is 2. The fourth-order valence-corrected chi connectivity index (χ4v) is 1.90. The molecular formula is C17H16N2O3.